The molecule has 0 saturated carbocycles. The van der Waals surface area contributed by atoms with Crippen molar-refractivity contribution in [1.82, 2.24) is 4.90 Å². The highest BCUT2D eigenvalue weighted by Gasteiger charge is 2.43. The lowest BCUT2D eigenvalue weighted by atomic mass is 9.90. The normalized spacial score (nSPS) is 24.6. The minimum Gasteiger partial charge on any atom is -0.480 e. The van der Waals surface area contributed by atoms with Crippen LogP contribution in [0.4, 0.5) is 0 Å². The first-order valence-electron chi connectivity index (χ1n) is 4.18. The lowest BCUT2D eigenvalue weighted by molar-refractivity contribution is -0.156. The maximum atomic E-state index is 10.5. The number of aliphatic hydroxyl groups is 1. The van der Waals surface area contributed by atoms with Crippen LogP contribution in [0.25, 0.3) is 0 Å². The number of aliphatic carboxylic acids is 1. The summed E-state index contributed by atoms with van der Waals surface area (Å²) in [5.41, 5.74) is -0.635. The summed E-state index contributed by atoms with van der Waals surface area (Å²) in [6.45, 7) is 4.51. The molecular formula is C8H15NO3. The molecule has 0 spiro atoms. The number of carboxylic acids is 1. The van der Waals surface area contributed by atoms with Crippen molar-refractivity contribution < 1.29 is 15.0 Å². The lowest BCUT2D eigenvalue weighted by Gasteiger charge is -2.47. The third-order valence-corrected chi connectivity index (χ3v) is 2.56. The van der Waals surface area contributed by atoms with Crippen molar-refractivity contribution in [3.8, 4) is 0 Å². The maximum absolute atomic E-state index is 10.5. The average molecular weight is 173 g/mol. The third-order valence-electron chi connectivity index (χ3n) is 2.56. The van der Waals surface area contributed by atoms with Gasteiger partial charge < -0.3 is 10.2 Å². The summed E-state index contributed by atoms with van der Waals surface area (Å²) in [5.74, 6) is -0.826. The Morgan fingerprint density at radius 1 is 1.67 bits per heavy atom. The van der Waals surface area contributed by atoms with Gasteiger partial charge in [-0.3, -0.25) is 9.69 Å². The van der Waals surface area contributed by atoms with Gasteiger partial charge in [0.25, 0.3) is 0 Å². The van der Waals surface area contributed by atoms with Gasteiger partial charge in [-0.25, -0.2) is 0 Å². The third kappa shape index (κ3) is 1.59. The number of β-amino-alcohol motifs (C(OH)–C–C–N with tert-alkyl or cyclic N) is 1. The molecule has 0 amide bonds. The highest BCUT2D eigenvalue weighted by Crippen LogP contribution is 2.25. The van der Waals surface area contributed by atoms with E-state index in [9.17, 15) is 9.90 Å². The monoisotopic (exact) mass is 173 g/mol. The molecule has 1 saturated heterocycles. The summed E-state index contributed by atoms with van der Waals surface area (Å²) in [5, 5.41) is 18.2. The largest absolute Gasteiger partial charge is 0.480 e. The van der Waals surface area contributed by atoms with E-state index >= 15 is 0 Å². The Labute approximate surface area is 71.8 Å². The minimum absolute atomic E-state index is 0.475. The van der Waals surface area contributed by atoms with Crippen molar-refractivity contribution >= 4 is 5.97 Å². The van der Waals surface area contributed by atoms with Gasteiger partial charge in [-0.05, 0) is 13.3 Å². The molecule has 0 bridgehead atoms. The molecule has 1 rings (SSSR count). The SMILES string of the molecule is CCC1(O)CN(C(C)C(=O)O)C1. The van der Waals surface area contributed by atoms with E-state index in [1.54, 1.807) is 11.8 Å². The first-order valence-corrected chi connectivity index (χ1v) is 4.18. The summed E-state index contributed by atoms with van der Waals surface area (Å²) in [7, 11) is 0. The molecule has 70 valence electrons. The molecule has 12 heavy (non-hydrogen) atoms. The smallest absolute Gasteiger partial charge is 0.320 e. The van der Waals surface area contributed by atoms with E-state index in [0.29, 0.717) is 19.5 Å². The van der Waals surface area contributed by atoms with Crippen LogP contribution in [0.5, 0.6) is 0 Å². The number of nitrogens with zero attached hydrogens (tertiary/aromatic N) is 1. The molecule has 1 aliphatic heterocycles. The van der Waals surface area contributed by atoms with Crippen molar-refractivity contribution in [3.63, 3.8) is 0 Å². The number of hydrogen-bond acceptors (Lipinski definition) is 3. The van der Waals surface area contributed by atoms with Gasteiger partial charge in [0.2, 0.25) is 0 Å². The van der Waals surface area contributed by atoms with Crippen LogP contribution in [-0.4, -0.2) is 45.8 Å². The predicted octanol–water partition coefficient (Wildman–Crippen LogP) is -0.0838. The zero-order valence-electron chi connectivity index (χ0n) is 7.45. The van der Waals surface area contributed by atoms with Gasteiger partial charge in [0, 0.05) is 13.1 Å². The molecule has 2 N–H and O–H groups in total. The molecule has 4 heteroatoms. The van der Waals surface area contributed by atoms with Crippen LogP contribution in [0.2, 0.25) is 0 Å². The fourth-order valence-electron chi connectivity index (χ4n) is 1.36. The Bertz CT molecular complexity index is 187. The van der Waals surface area contributed by atoms with Gasteiger partial charge in [-0.1, -0.05) is 6.92 Å². The van der Waals surface area contributed by atoms with E-state index < -0.39 is 17.6 Å². The van der Waals surface area contributed by atoms with Crippen LogP contribution in [0.1, 0.15) is 20.3 Å². The number of rotatable bonds is 3. The molecule has 0 aromatic heterocycles. The second-order valence-corrected chi connectivity index (χ2v) is 3.50. The Morgan fingerprint density at radius 2 is 2.17 bits per heavy atom. The first-order chi connectivity index (χ1) is 5.48. The highest BCUT2D eigenvalue weighted by molar-refractivity contribution is 5.73. The number of carboxylic acid groups (broad SMARTS) is 1. The van der Waals surface area contributed by atoms with Crippen LogP contribution in [0.3, 0.4) is 0 Å². The van der Waals surface area contributed by atoms with Crippen molar-refractivity contribution in [2.75, 3.05) is 13.1 Å². The Balaban J connectivity index is 2.39. The molecule has 1 aliphatic rings. The lowest BCUT2D eigenvalue weighted by Crippen LogP contribution is -2.65. The van der Waals surface area contributed by atoms with Gasteiger partial charge in [0.1, 0.15) is 6.04 Å². The number of hydrogen-bond donors (Lipinski definition) is 2. The Hall–Kier alpha value is -0.610. The van der Waals surface area contributed by atoms with E-state index in [4.69, 9.17) is 5.11 Å². The van der Waals surface area contributed by atoms with Crippen molar-refractivity contribution in [3.05, 3.63) is 0 Å². The van der Waals surface area contributed by atoms with E-state index in [2.05, 4.69) is 0 Å². The van der Waals surface area contributed by atoms with Crippen LogP contribution in [0, 0.1) is 0 Å². The first kappa shape index (κ1) is 9.48. The van der Waals surface area contributed by atoms with Crippen LogP contribution < -0.4 is 0 Å². The predicted molar refractivity (Wildman–Crippen MR) is 43.9 cm³/mol. The molecule has 0 aliphatic carbocycles. The Kier molecular flexibility index (Phi) is 2.39. The summed E-state index contributed by atoms with van der Waals surface area (Å²) in [4.78, 5) is 12.3. The molecule has 1 atom stereocenters. The zero-order chi connectivity index (χ0) is 9.35. The molecule has 0 aromatic rings. The molecular weight excluding hydrogens is 158 g/mol. The number of carbonyl (C=O) groups is 1. The fourth-order valence-corrected chi connectivity index (χ4v) is 1.36. The van der Waals surface area contributed by atoms with E-state index in [1.165, 1.54) is 0 Å². The van der Waals surface area contributed by atoms with E-state index in [-0.39, 0.29) is 0 Å². The quantitative estimate of drug-likeness (QED) is 0.626. The van der Waals surface area contributed by atoms with Gasteiger partial charge >= 0.3 is 5.97 Å². The Morgan fingerprint density at radius 3 is 2.50 bits per heavy atom. The van der Waals surface area contributed by atoms with Crippen molar-refractivity contribution in [1.29, 1.82) is 0 Å². The van der Waals surface area contributed by atoms with Crippen molar-refractivity contribution in [2.24, 2.45) is 0 Å². The molecule has 0 aromatic carbocycles. The fraction of sp³-hybridized carbons (Fsp3) is 0.875. The van der Waals surface area contributed by atoms with Crippen LogP contribution >= 0.6 is 0 Å². The molecule has 4 nitrogen and oxygen atoms in total. The highest BCUT2D eigenvalue weighted by atomic mass is 16.4. The molecule has 1 fully saturated rings. The summed E-state index contributed by atoms with van der Waals surface area (Å²) >= 11 is 0. The minimum atomic E-state index is -0.826. The van der Waals surface area contributed by atoms with E-state index in [0.717, 1.165) is 0 Å². The summed E-state index contributed by atoms with van der Waals surface area (Å²) in [6, 6.07) is -0.475. The second-order valence-electron chi connectivity index (χ2n) is 3.50. The molecule has 1 heterocycles. The second kappa shape index (κ2) is 3.03. The molecule has 0 radical (unpaired) electrons. The van der Waals surface area contributed by atoms with Crippen molar-refractivity contribution in [2.45, 2.75) is 31.9 Å². The van der Waals surface area contributed by atoms with Gasteiger partial charge in [-0.15, -0.1) is 0 Å². The molecule has 1 unspecified atom stereocenters. The van der Waals surface area contributed by atoms with Crippen LogP contribution in [-0.2, 0) is 4.79 Å². The van der Waals surface area contributed by atoms with Gasteiger partial charge in [0.05, 0.1) is 5.60 Å². The van der Waals surface area contributed by atoms with E-state index in [1.807, 2.05) is 6.92 Å². The van der Waals surface area contributed by atoms with Crippen LogP contribution in [0.15, 0.2) is 0 Å². The summed E-state index contributed by atoms with van der Waals surface area (Å²) < 4.78 is 0. The van der Waals surface area contributed by atoms with Gasteiger partial charge in [0.15, 0.2) is 0 Å². The topological polar surface area (TPSA) is 60.8 Å². The van der Waals surface area contributed by atoms with Gasteiger partial charge in [-0.2, -0.15) is 0 Å². The summed E-state index contributed by atoms with van der Waals surface area (Å²) in [6.07, 6.45) is 0.690. The zero-order valence-corrected chi connectivity index (χ0v) is 7.45. The maximum Gasteiger partial charge on any atom is 0.320 e. The number of likely N-dealkylation sites (tertiary alicyclic amines) is 1. The average Bonchev–Trinajstić information content (AvgIpc) is 1.97. The standard InChI is InChI=1S/C8H15NO3/c1-3-8(12)4-9(5-8)6(2)7(10)11/h6,12H,3-5H2,1-2H3,(H,10,11).